The number of hydrogen-bond donors (Lipinski definition) is 2. The Kier molecular flexibility index (Phi) is 35.5. The van der Waals surface area contributed by atoms with E-state index in [1.165, 1.54) is 38.5 Å². The molecular formula is C43H69O8P. The molecular weight excluding hydrogens is 675 g/mol. The predicted molar refractivity (Wildman–Crippen MR) is 216 cm³/mol. The van der Waals surface area contributed by atoms with E-state index in [4.69, 9.17) is 19.3 Å². The number of carbonyl (C=O) groups is 2. The molecule has 0 aromatic heterocycles. The molecule has 0 bridgehead atoms. The van der Waals surface area contributed by atoms with Crippen LogP contribution in [0.25, 0.3) is 0 Å². The van der Waals surface area contributed by atoms with E-state index in [0.717, 1.165) is 51.4 Å². The van der Waals surface area contributed by atoms with Crippen molar-refractivity contribution in [2.75, 3.05) is 13.2 Å². The van der Waals surface area contributed by atoms with E-state index < -0.39 is 32.5 Å². The van der Waals surface area contributed by atoms with Crippen molar-refractivity contribution in [1.82, 2.24) is 0 Å². The smallest absolute Gasteiger partial charge is 0.462 e. The monoisotopic (exact) mass is 744 g/mol. The molecule has 0 aromatic rings. The first-order valence-electron chi connectivity index (χ1n) is 19.5. The number of esters is 2. The molecule has 52 heavy (non-hydrogen) atoms. The van der Waals surface area contributed by atoms with Crippen LogP contribution in [0.1, 0.15) is 142 Å². The van der Waals surface area contributed by atoms with E-state index >= 15 is 0 Å². The van der Waals surface area contributed by atoms with Crippen LogP contribution in [0, 0.1) is 0 Å². The summed E-state index contributed by atoms with van der Waals surface area (Å²) in [6.45, 7) is 3.45. The van der Waals surface area contributed by atoms with Gasteiger partial charge in [-0.05, 0) is 83.5 Å². The minimum atomic E-state index is -4.78. The Bertz CT molecular complexity index is 1160. The van der Waals surface area contributed by atoms with Crippen LogP contribution in [0.15, 0.2) is 97.2 Å². The van der Waals surface area contributed by atoms with Crippen molar-refractivity contribution in [3.8, 4) is 0 Å². The van der Waals surface area contributed by atoms with Gasteiger partial charge in [-0.25, -0.2) is 4.57 Å². The fraction of sp³-hybridized carbons (Fsp3) is 0.581. The lowest BCUT2D eigenvalue weighted by Gasteiger charge is -2.18. The molecule has 0 saturated heterocycles. The summed E-state index contributed by atoms with van der Waals surface area (Å²) in [5.41, 5.74) is 0. The van der Waals surface area contributed by atoms with Crippen molar-refractivity contribution in [3.63, 3.8) is 0 Å². The van der Waals surface area contributed by atoms with E-state index in [0.29, 0.717) is 25.7 Å². The molecule has 0 aliphatic rings. The van der Waals surface area contributed by atoms with Gasteiger partial charge in [0.15, 0.2) is 6.10 Å². The molecule has 0 radical (unpaired) electrons. The molecule has 0 aliphatic heterocycles. The molecule has 0 saturated carbocycles. The largest absolute Gasteiger partial charge is 0.469 e. The molecule has 0 fully saturated rings. The minimum Gasteiger partial charge on any atom is -0.462 e. The summed E-state index contributed by atoms with van der Waals surface area (Å²) in [6.07, 6.45) is 51.4. The highest BCUT2D eigenvalue weighted by Crippen LogP contribution is 2.35. The van der Waals surface area contributed by atoms with Gasteiger partial charge in [-0.1, -0.05) is 143 Å². The first-order chi connectivity index (χ1) is 25.3. The molecule has 8 nitrogen and oxygen atoms in total. The number of ether oxygens (including phenoxy) is 2. The Labute approximate surface area is 315 Å². The highest BCUT2D eigenvalue weighted by atomic mass is 31.2. The Balaban J connectivity index is 4.17. The number of hydrogen-bond acceptors (Lipinski definition) is 6. The number of carbonyl (C=O) groups excluding carboxylic acids is 2. The normalized spacial score (nSPS) is 13.5. The van der Waals surface area contributed by atoms with E-state index in [1.54, 1.807) is 0 Å². The van der Waals surface area contributed by atoms with Gasteiger partial charge in [-0.2, -0.15) is 0 Å². The quantitative estimate of drug-likeness (QED) is 0.0289. The van der Waals surface area contributed by atoms with Gasteiger partial charge in [-0.3, -0.25) is 14.1 Å². The van der Waals surface area contributed by atoms with Gasteiger partial charge in [0, 0.05) is 12.8 Å². The SMILES string of the molecule is CC/C=C/C/C=C/C/C=C/C/C=C/C/C=C/CCCC(=O)OC[C@H](COP(=O)(O)O)OC(=O)CCC/C=C/C/C=C/C/C=C/CCCCCCCC. The molecule has 0 aliphatic carbocycles. The van der Waals surface area contributed by atoms with Crippen LogP contribution in [-0.2, 0) is 28.2 Å². The van der Waals surface area contributed by atoms with E-state index in [1.807, 2.05) is 12.2 Å². The lowest BCUT2D eigenvalue weighted by atomic mass is 10.1. The second-order valence-electron chi connectivity index (χ2n) is 12.5. The molecule has 0 aromatic carbocycles. The van der Waals surface area contributed by atoms with Crippen LogP contribution in [0.4, 0.5) is 0 Å². The van der Waals surface area contributed by atoms with Crippen molar-refractivity contribution < 1.29 is 37.9 Å². The fourth-order valence-corrected chi connectivity index (χ4v) is 5.08. The first-order valence-corrected chi connectivity index (χ1v) is 21.1. The highest BCUT2D eigenvalue weighted by molar-refractivity contribution is 7.46. The van der Waals surface area contributed by atoms with E-state index in [2.05, 4.69) is 103 Å². The van der Waals surface area contributed by atoms with E-state index in [9.17, 15) is 14.2 Å². The van der Waals surface area contributed by atoms with Crippen molar-refractivity contribution in [2.45, 2.75) is 148 Å². The number of unbranched alkanes of at least 4 members (excludes halogenated alkanes) is 8. The third kappa shape index (κ3) is 39.8. The molecule has 0 rings (SSSR count). The summed E-state index contributed by atoms with van der Waals surface area (Å²) < 4.78 is 26.2. The number of allylic oxidation sites excluding steroid dienone is 16. The average Bonchev–Trinajstić information content (AvgIpc) is 3.11. The van der Waals surface area contributed by atoms with Crippen LogP contribution in [-0.4, -0.2) is 41.0 Å². The summed E-state index contributed by atoms with van der Waals surface area (Å²) in [5, 5.41) is 0. The molecule has 0 unspecified atom stereocenters. The van der Waals surface area contributed by atoms with Gasteiger partial charge in [0.1, 0.15) is 6.61 Å². The second-order valence-corrected chi connectivity index (χ2v) is 13.8. The molecule has 2 N–H and O–H groups in total. The lowest BCUT2D eigenvalue weighted by Crippen LogP contribution is -2.29. The highest BCUT2D eigenvalue weighted by Gasteiger charge is 2.22. The van der Waals surface area contributed by atoms with Crippen LogP contribution >= 0.6 is 7.82 Å². The maximum Gasteiger partial charge on any atom is 0.469 e. The zero-order valence-corrected chi connectivity index (χ0v) is 33.1. The Hall–Kier alpha value is -3.03. The van der Waals surface area contributed by atoms with Crippen LogP contribution in [0.3, 0.4) is 0 Å². The minimum absolute atomic E-state index is 0.122. The van der Waals surface area contributed by atoms with Gasteiger partial charge in [0.25, 0.3) is 0 Å². The van der Waals surface area contributed by atoms with Gasteiger partial charge in [-0.15, -0.1) is 0 Å². The maximum absolute atomic E-state index is 12.4. The molecule has 294 valence electrons. The summed E-state index contributed by atoms with van der Waals surface area (Å²) in [7, 11) is -4.78. The van der Waals surface area contributed by atoms with Gasteiger partial charge in [0.05, 0.1) is 6.61 Å². The van der Waals surface area contributed by atoms with Gasteiger partial charge < -0.3 is 19.3 Å². The summed E-state index contributed by atoms with van der Waals surface area (Å²) in [6, 6.07) is 0. The summed E-state index contributed by atoms with van der Waals surface area (Å²) >= 11 is 0. The zero-order valence-electron chi connectivity index (χ0n) is 32.2. The topological polar surface area (TPSA) is 119 Å². The third-order valence-corrected chi connectivity index (χ3v) is 8.07. The van der Waals surface area contributed by atoms with Gasteiger partial charge in [0.2, 0.25) is 0 Å². The molecule has 9 heteroatoms. The maximum atomic E-state index is 12.4. The summed E-state index contributed by atoms with van der Waals surface area (Å²) in [5.74, 6) is -1.03. The van der Waals surface area contributed by atoms with Crippen LogP contribution < -0.4 is 0 Å². The lowest BCUT2D eigenvalue weighted by molar-refractivity contribution is -0.161. The van der Waals surface area contributed by atoms with Crippen molar-refractivity contribution in [1.29, 1.82) is 0 Å². The van der Waals surface area contributed by atoms with Crippen LogP contribution in [0.5, 0.6) is 0 Å². The molecule has 0 heterocycles. The average molecular weight is 745 g/mol. The third-order valence-electron chi connectivity index (χ3n) is 7.59. The standard InChI is InChI=1S/C43H69O8P/c1-3-5-7-9-11-13-15-17-19-21-23-25-27-29-31-33-35-37-42(44)49-39-41(40-50-52(46,47)48)51-43(45)38-36-34-32-30-28-26-24-22-20-18-16-14-12-10-8-6-4-2/h5,7,11,13,17-20,23-26,29-32,41H,3-4,6,8-10,12,14-16,21-22,27-28,33-40H2,1-2H3,(H2,46,47,48)/b7-5+,13-11+,19-17+,20-18+,25-23+,26-24+,31-29+,32-30+/t41-/m1/s1. The Morgan fingerprint density at radius 1 is 0.519 bits per heavy atom. The van der Waals surface area contributed by atoms with Gasteiger partial charge >= 0.3 is 19.8 Å². The number of rotatable bonds is 34. The first kappa shape index (κ1) is 49.0. The van der Waals surface area contributed by atoms with Crippen molar-refractivity contribution in [3.05, 3.63) is 97.2 Å². The Morgan fingerprint density at radius 3 is 1.38 bits per heavy atom. The van der Waals surface area contributed by atoms with Crippen molar-refractivity contribution in [2.24, 2.45) is 0 Å². The molecule has 0 spiro atoms. The zero-order chi connectivity index (χ0) is 38.2. The number of phosphoric acid groups is 1. The molecule has 1 atom stereocenters. The van der Waals surface area contributed by atoms with E-state index in [-0.39, 0.29) is 19.4 Å². The van der Waals surface area contributed by atoms with Crippen molar-refractivity contribution >= 4 is 19.8 Å². The fourth-order valence-electron chi connectivity index (χ4n) is 4.72. The Morgan fingerprint density at radius 2 is 0.923 bits per heavy atom. The second kappa shape index (κ2) is 37.7. The molecule has 0 amide bonds. The number of phosphoric ester groups is 1. The van der Waals surface area contributed by atoms with Crippen LogP contribution in [0.2, 0.25) is 0 Å². The predicted octanol–water partition coefficient (Wildman–Crippen LogP) is 11.8. The summed E-state index contributed by atoms with van der Waals surface area (Å²) in [4.78, 5) is 42.7.